The van der Waals surface area contributed by atoms with Gasteiger partial charge < -0.3 is 20.7 Å². The van der Waals surface area contributed by atoms with E-state index in [1.165, 1.54) is 18.2 Å². The first-order valence-electron chi connectivity index (χ1n) is 9.92. The molecule has 0 unspecified atom stereocenters. The summed E-state index contributed by atoms with van der Waals surface area (Å²) in [6.07, 6.45) is 0. The van der Waals surface area contributed by atoms with Gasteiger partial charge in [0.25, 0.3) is 5.91 Å². The molecule has 3 aromatic rings. The number of alkyl halides is 2. The Morgan fingerprint density at radius 2 is 1.56 bits per heavy atom. The Hall–Kier alpha value is -3.94. The number of hydrogen-bond acceptors (Lipinski definition) is 4. The van der Waals surface area contributed by atoms with Gasteiger partial charge in [-0.1, -0.05) is 54.1 Å². The molecule has 2 amide bonds. The van der Waals surface area contributed by atoms with Crippen LogP contribution in [0, 0.1) is 6.92 Å². The van der Waals surface area contributed by atoms with Gasteiger partial charge in [0, 0.05) is 12.2 Å². The molecule has 0 atom stereocenters. The highest BCUT2D eigenvalue weighted by Crippen LogP contribution is 2.25. The van der Waals surface area contributed by atoms with Crippen LogP contribution in [0.3, 0.4) is 0 Å². The summed E-state index contributed by atoms with van der Waals surface area (Å²) in [6, 6.07) is 20.5. The number of nitrogens with one attached hydrogen (secondary N) is 3. The molecule has 0 heterocycles. The summed E-state index contributed by atoms with van der Waals surface area (Å²) >= 11 is 0. The number of ether oxygens (including phenoxy) is 1. The van der Waals surface area contributed by atoms with Crippen LogP contribution in [-0.4, -0.2) is 25.0 Å². The van der Waals surface area contributed by atoms with Gasteiger partial charge in [0.2, 0.25) is 5.91 Å². The third kappa shape index (κ3) is 6.53. The third-order valence-corrected chi connectivity index (χ3v) is 4.56. The number of carbonyl (C=O) groups excluding carboxylic acids is 2. The Balaban J connectivity index is 1.59. The van der Waals surface area contributed by atoms with Crippen molar-refractivity contribution in [1.82, 2.24) is 5.32 Å². The van der Waals surface area contributed by atoms with Crippen molar-refractivity contribution in [2.24, 2.45) is 0 Å². The van der Waals surface area contributed by atoms with Gasteiger partial charge in [-0.3, -0.25) is 9.59 Å². The fourth-order valence-corrected chi connectivity index (χ4v) is 2.96. The maximum absolute atomic E-state index is 12.6. The molecule has 3 aromatic carbocycles. The van der Waals surface area contributed by atoms with Gasteiger partial charge in [-0.15, -0.1) is 0 Å². The van der Waals surface area contributed by atoms with E-state index in [0.717, 1.165) is 11.1 Å². The maximum atomic E-state index is 12.6. The highest BCUT2D eigenvalue weighted by molar-refractivity contribution is 6.01. The lowest BCUT2D eigenvalue weighted by molar-refractivity contribution is -0.114. The van der Waals surface area contributed by atoms with Crippen molar-refractivity contribution < 1.29 is 23.1 Å². The maximum Gasteiger partial charge on any atom is 0.387 e. The lowest BCUT2D eigenvalue weighted by atomic mass is 10.1. The van der Waals surface area contributed by atoms with Crippen molar-refractivity contribution in [1.29, 1.82) is 0 Å². The van der Waals surface area contributed by atoms with Crippen LogP contribution < -0.4 is 20.7 Å². The Morgan fingerprint density at radius 1 is 0.906 bits per heavy atom. The minimum absolute atomic E-state index is 0.128. The van der Waals surface area contributed by atoms with Crippen molar-refractivity contribution >= 4 is 23.2 Å². The quantitative estimate of drug-likeness (QED) is 0.456. The van der Waals surface area contributed by atoms with Crippen molar-refractivity contribution in [3.05, 3.63) is 89.5 Å². The standard InChI is InChI=1S/C24H23F2N3O3/c1-16-10-12-17(13-11-16)14-28-23(31)18-6-2-3-7-19(18)27-15-22(30)29-20-8-4-5-9-21(20)32-24(25)26/h2-13,24,27H,14-15H2,1H3,(H,28,31)(H,29,30). The number of hydrogen-bond donors (Lipinski definition) is 3. The SMILES string of the molecule is Cc1ccc(CNC(=O)c2ccccc2NCC(=O)Nc2ccccc2OC(F)F)cc1. The highest BCUT2D eigenvalue weighted by atomic mass is 19.3. The second kappa shape index (κ2) is 10.9. The summed E-state index contributed by atoms with van der Waals surface area (Å²) in [5, 5.41) is 8.31. The van der Waals surface area contributed by atoms with Gasteiger partial charge in [0.15, 0.2) is 0 Å². The van der Waals surface area contributed by atoms with Crippen LogP contribution in [0.4, 0.5) is 20.2 Å². The van der Waals surface area contributed by atoms with Crippen molar-refractivity contribution in [2.75, 3.05) is 17.2 Å². The zero-order valence-electron chi connectivity index (χ0n) is 17.4. The van der Waals surface area contributed by atoms with E-state index >= 15 is 0 Å². The van der Waals surface area contributed by atoms with Crippen molar-refractivity contribution in [3.63, 3.8) is 0 Å². The first-order valence-corrected chi connectivity index (χ1v) is 9.92. The van der Waals surface area contributed by atoms with Gasteiger partial charge in [0.05, 0.1) is 17.8 Å². The van der Waals surface area contributed by atoms with Gasteiger partial charge >= 0.3 is 6.61 Å². The molecule has 0 radical (unpaired) electrons. The zero-order chi connectivity index (χ0) is 22.9. The summed E-state index contributed by atoms with van der Waals surface area (Å²) in [6.45, 7) is -0.818. The summed E-state index contributed by atoms with van der Waals surface area (Å²) in [5.74, 6) is -0.901. The van der Waals surface area contributed by atoms with Crippen LogP contribution in [0.2, 0.25) is 0 Å². The molecule has 32 heavy (non-hydrogen) atoms. The number of para-hydroxylation sites is 3. The van der Waals surface area contributed by atoms with E-state index in [-0.39, 0.29) is 23.9 Å². The molecular formula is C24H23F2N3O3. The topological polar surface area (TPSA) is 79.5 Å². The molecule has 0 aromatic heterocycles. The molecule has 0 fully saturated rings. The molecule has 6 nitrogen and oxygen atoms in total. The Morgan fingerprint density at radius 3 is 2.28 bits per heavy atom. The van der Waals surface area contributed by atoms with Crippen molar-refractivity contribution in [2.45, 2.75) is 20.1 Å². The molecule has 3 N–H and O–H groups in total. The average molecular weight is 439 g/mol. The van der Waals surface area contributed by atoms with Crippen LogP contribution in [0.15, 0.2) is 72.8 Å². The smallest absolute Gasteiger partial charge is 0.387 e. The van der Waals surface area contributed by atoms with Crippen LogP contribution in [0.25, 0.3) is 0 Å². The highest BCUT2D eigenvalue weighted by Gasteiger charge is 2.14. The number of anilines is 2. The number of carbonyl (C=O) groups is 2. The van der Waals surface area contributed by atoms with E-state index in [9.17, 15) is 18.4 Å². The van der Waals surface area contributed by atoms with Crippen LogP contribution >= 0.6 is 0 Å². The van der Waals surface area contributed by atoms with Gasteiger partial charge in [-0.25, -0.2) is 0 Å². The second-order valence-electron chi connectivity index (χ2n) is 6.99. The first-order chi connectivity index (χ1) is 15.4. The summed E-state index contributed by atoms with van der Waals surface area (Å²) in [7, 11) is 0. The predicted octanol–water partition coefficient (Wildman–Crippen LogP) is 4.58. The van der Waals surface area contributed by atoms with Crippen LogP contribution in [0.5, 0.6) is 5.75 Å². The number of aryl methyl sites for hydroxylation is 1. The summed E-state index contributed by atoms with van der Waals surface area (Å²) in [5.41, 5.74) is 3.09. The van der Waals surface area contributed by atoms with Crippen LogP contribution in [0.1, 0.15) is 21.5 Å². The molecular weight excluding hydrogens is 416 g/mol. The van der Waals surface area contributed by atoms with E-state index in [0.29, 0.717) is 17.8 Å². The molecule has 0 aliphatic heterocycles. The Labute approximate surface area is 184 Å². The largest absolute Gasteiger partial charge is 0.433 e. The van der Waals surface area contributed by atoms with E-state index in [4.69, 9.17) is 0 Å². The number of amides is 2. The monoisotopic (exact) mass is 439 g/mol. The molecule has 0 saturated carbocycles. The lowest BCUT2D eigenvalue weighted by Crippen LogP contribution is -2.26. The molecule has 0 spiro atoms. The summed E-state index contributed by atoms with van der Waals surface area (Å²) < 4.78 is 29.5. The molecule has 3 rings (SSSR count). The van der Waals surface area contributed by atoms with E-state index in [1.807, 2.05) is 31.2 Å². The summed E-state index contributed by atoms with van der Waals surface area (Å²) in [4.78, 5) is 25.0. The minimum Gasteiger partial charge on any atom is -0.433 e. The number of rotatable bonds is 9. The van der Waals surface area contributed by atoms with Crippen LogP contribution in [-0.2, 0) is 11.3 Å². The lowest BCUT2D eigenvalue weighted by Gasteiger charge is -2.14. The third-order valence-electron chi connectivity index (χ3n) is 4.56. The average Bonchev–Trinajstić information content (AvgIpc) is 2.78. The second-order valence-corrected chi connectivity index (χ2v) is 6.99. The van der Waals surface area contributed by atoms with E-state index in [1.54, 1.807) is 30.3 Å². The fourth-order valence-electron chi connectivity index (χ4n) is 2.96. The molecule has 0 saturated heterocycles. The number of benzene rings is 3. The first kappa shape index (κ1) is 22.7. The van der Waals surface area contributed by atoms with Gasteiger partial charge in [0.1, 0.15) is 5.75 Å². The molecule has 0 aliphatic rings. The molecule has 166 valence electrons. The Bertz CT molecular complexity index is 1070. The fraction of sp³-hybridized carbons (Fsp3) is 0.167. The van der Waals surface area contributed by atoms with E-state index < -0.39 is 12.5 Å². The molecule has 0 aliphatic carbocycles. The van der Waals surface area contributed by atoms with Gasteiger partial charge in [-0.05, 0) is 36.8 Å². The normalized spacial score (nSPS) is 10.5. The van der Waals surface area contributed by atoms with Gasteiger partial charge in [-0.2, -0.15) is 8.78 Å². The Kier molecular flexibility index (Phi) is 7.75. The zero-order valence-corrected chi connectivity index (χ0v) is 17.4. The molecule has 0 bridgehead atoms. The number of halogens is 2. The van der Waals surface area contributed by atoms with Crippen molar-refractivity contribution in [3.8, 4) is 5.75 Å². The predicted molar refractivity (Wildman–Crippen MR) is 119 cm³/mol. The van der Waals surface area contributed by atoms with E-state index in [2.05, 4.69) is 20.7 Å². The minimum atomic E-state index is -3.00. The molecule has 8 heteroatoms.